The highest BCUT2D eigenvalue weighted by Crippen LogP contribution is 2.21. The quantitative estimate of drug-likeness (QED) is 0.0672. The van der Waals surface area contributed by atoms with E-state index < -0.39 is 0 Å². The number of rotatable bonds is 29. The van der Waals surface area contributed by atoms with Crippen LogP contribution in [0.15, 0.2) is 48.5 Å². The third-order valence-corrected chi connectivity index (χ3v) is 9.40. The Hall–Kier alpha value is -2.70. The smallest absolute Gasteiger partial charge is 0.254 e. The molecule has 0 atom stereocenters. The Bertz CT molecular complexity index is 998. The zero-order valence-electron chi connectivity index (χ0n) is 31.3. The van der Waals surface area contributed by atoms with Crippen LogP contribution < -0.4 is 10.6 Å². The Balaban J connectivity index is 1.61. The van der Waals surface area contributed by atoms with Crippen LogP contribution in [0.2, 0.25) is 0 Å². The van der Waals surface area contributed by atoms with E-state index in [2.05, 4.69) is 24.5 Å². The lowest BCUT2D eigenvalue weighted by Crippen LogP contribution is -2.36. The number of hydrogen-bond acceptors (Lipinski definition) is 4. The lowest BCUT2D eigenvalue weighted by Gasteiger charge is -2.18. The van der Waals surface area contributed by atoms with Gasteiger partial charge in [0.05, 0.1) is 13.3 Å². The van der Waals surface area contributed by atoms with Gasteiger partial charge >= 0.3 is 0 Å². The third kappa shape index (κ3) is 18.2. The third-order valence-electron chi connectivity index (χ3n) is 9.40. The van der Waals surface area contributed by atoms with Gasteiger partial charge in [-0.15, -0.1) is 0 Å². The Kier molecular flexibility index (Phi) is 23.5. The van der Waals surface area contributed by atoms with E-state index in [0.29, 0.717) is 24.5 Å². The number of unbranched alkanes of at least 4 members (excludes halogenated alkanes) is 18. The first-order valence-electron chi connectivity index (χ1n) is 19.6. The van der Waals surface area contributed by atoms with Gasteiger partial charge in [-0.2, -0.15) is 0 Å². The number of benzene rings is 2. The summed E-state index contributed by atoms with van der Waals surface area (Å²) in [6.07, 6.45) is 26.6. The summed E-state index contributed by atoms with van der Waals surface area (Å²) >= 11 is 0. The van der Waals surface area contributed by atoms with Crippen molar-refractivity contribution in [3.63, 3.8) is 0 Å². The van der Waals surface area contributed by atoms with Gasteiger partial charge in [0.2, 0.25) is 0 Å². The number of nitrogens with one attached hydrogen (secondary N) is 2. The summed E-state index contributed by atoms with van der Waals surface area (Å²) in [5.74, 6) is 0.0331. The van der Waals surface area contributed by atoms with Gasteiger partial charge in [-0.05, 0) is 61.3 Å². The molecule has 6 nitrogen and oxygen atoms in total. The molecule has 0 bridgehead atoms. The van der Waals surface area contributed by atoms with Crippen molar-refractivity contribution in [3.8, 4) is 11.1 Å². The molecule has 0 aliphatic carbocycles. The minimum absolute atomic E-state index is 0.0166. The Labute approximate surface area is 294 Å². The fourth-order valence-electron chi connectivity index (χ4n) is 6.16. The molecule has 0 unspecified atom stereocenters. The molecule has 270 valence electrons. The lowest BCUT2D eigenvalue weighted by molar-refractivity contribution is 0.0776. The molecule has 48 heavy (non-hydrogen) atoms. The van der Waals surface area contributed by atoms with Crippen molar-refractivity contribution >= 4 is 11.8 Å². The van der Waals surface area contributed by atoms with Gasteiger partial charge in [0, 0.05) is 25.2 Å². The molecular weight excluding hydrogens is 592 g/mol. The van der Waals surface area contributed by atoms with Gasteiger partial charge in [-0.25, -0.2) is 0 Å². The average molecular weight is 663 g/mol. The molecule has 0 aromatic heterocycles. The van der Waals surface area contributed by atoms with Crippen molar-refractivity contribution < 1.29 is 9.59 Å². The standard InChI is InChI=1S/C42H70N4O2/c1-5-7-9-11-13-15-17-19-21-23-33-43-35-45(3)41(47)39-29-25-37(26-30-39)38-27-31-40(32-28-38)42(48)46(4)36-44-34-24-22-20-18-16-14-12-10-8-6-2/h25-32,43-44H,5-24,33-36H2,1-4H3. The van der Waals surface area contributed by atoms with Crippen LogP contribution in [0.4, 0.5) is 0 Å². The van der Waals surface area contributed by atoms with Crippen LogP contribution in [0.25, 0.3) is 11.1 Å². The summed E-state index contributed by atoms with van der Waals surface area (Å²) in [5, 5.41) is 6.84. The molecule has 0 spiro atoms. The summed E-state index contributed by atoms with van der Waals surface area (Å²) < 4.78 is 0. The van der Waals surface area contributed by atoms with Crippen molar-refractivity contribution in [2.24, 2.45) is 0 Å². The Morgan fingerprint density at radius 1 is 0.438 bits per heavy atom. The number of carbonyl (C=O) groups excluding carboxylic acids is 2. The van der Waals surface area contributed by atoms with Crippen molar-refractivity contribution in [3.05, 3.63) is 59.7 Å². The molecule has 2 N–H and O–H groups in total. The highest BCUT2D eigenvalue weighted by molar-refractivity contribution is 5.95. The van der Waals surface area contributed by atoms with E-state index in [9.17, 15) is 9.59 Å². The fourth-order valence-corrected chi connectivity index (χ4v) is 6.16. The zero-order valence-corrected chi connectivity index (χ0v) is 31.3. The van der Waals surface area contributed by atoms with Crippen LogP contribution in [0, 0.1) is 0 Å². The van der Waals surface area contributed by atoms with E-state index >= 15 is 0 Å². The van der Waals surface area contributed by atoms with Crippen molar-refractivity contribution in [1.82, 2.24) is 20.4 Å². The van der Waals surface area contributed by atoms with Crippen LogP contribution in [-0.2, 0) is 0 Å². The van der Waals surface area contributed by atoms with Crippen molar-refractivity contribution in [2.45, 2.75) is 142 Å². The first-order valence-corrected chi connectivity index (χ1v) is 19.6. The minimum Gasteiger partial charge on any atom is -0.329 e. The van der Waals surface area contributed by atoms with E-state index in [1.807, 2.05) is 62.6 Å². The SMILES string of the molecule is CCCCCCCCCCCCNCN(C)C(=O)c1ccc(-c2ccc(C(=O)N(C)CNCCCCCCCCCCCC)cc2)cc1. The van der Waals surface area contributed by atoms with E-state index in [0.717, 1.165) is 37.1 Å². The van der Waals surface area contributed by atoms with E-state index in [4.69, 9.17) is 0 Å². The lowest BCUT2D eigenvalue weighted by atomic mass is 10.0. The monoisotopic (exact) mass is 663 g/mol. The number of nitrogens with zero attached hydrogens (tertiary/aromatic N) is 2. The summed E-state index contributed by atoms with van der Waals surface area (Å²) in [7, 11) is 3.70. The van der Waals surface area contributed by atoms with Gasteiger partial charge in [-0.1, -0.05) is 154 Å². The largest absolute Gasteiger partial charge is 0.329 e. The second-order valence-electron chi connectivity index (χ2n) is 13.8. The molecule has 2 rings (SSSR count). The van der Waals surface area contributed by atoms with E-state index in [-0.39, 0.29) is 11.8 Å². The maximum Gasteiger partial charge on any atom is 0.254 e. The molecule has 0 saturated carbocycles. The summed E-state index contributed by atoms with van der Waals surface area (Å²) in [4.78, 5) is 29.4. The first-order chi connectivity index (χ1) is 23.5. The molecule has 2 amide bonds. The summed E-state index contributed by atoms with van der Waals surface area (Å²) in [6, 6.07) is 15.5. The molecule has 0 heterocycles. The Morgan fingerprint density at radius 3 is 1.00 bits per heavy atom. The molecule has 0 aliphatic rings. The van der Waals surface area contributed by atoms with E-state index in [1.54, 1.807) is 9.80 Å². The molecule has 2 aromatic carbocycles. The number of carbonyl (C=O) groups is 2. The fraction of sp³-hybridized carbons (Fsp3) is 0.667. The van der Waals surface area contributed by atoms with Crippen LogP contribution in [-0.4, -0.2) is 62.1 Å². The maximum atomic E-state index is 12.9. The Morgan fingerprint density at radius 2 is 0.708 bits per heavy atom. The highest BCUT2D eigenvalue weighted by Gasteiger charge is 2.13. The van der Waals surface area contributed by atoms with E-state index in [1.165, 1.54) is 116 Å². The summed E-state index contributed by atoms with van der Waals surface area (Å²) in [5.41, 5.74) is 3.42. The predicted molar refractivity (Wildman–Crippen MR) is 205 cm³/mol. The molecule has 0 fully saturated rings. The van der Waals surface area contributed by atoms with Crippen molar-refractivity contribution in [1.29, 1.82) is 0 Å². The maximum absolute atomic E-state index is 12.9. The van der Waals surface area contributed by atoms with Crippen LogP contribution in [0.1, 0.15) is 163 Å². The first kappa shape index (κ1) is 41.5. The molecular formula is C42H70N4O2. The number of amides is 2. The van der Waals surface area contributed by atoms with Crippen LogP contribution in [0.3, 0.4) is 0 Å². The topological polar surface area (TPSA) is 64.7 Å². The normalized spacial score (nSPS) is 11.2. The predicted octanol–water partition coefficient (Wildman–Crippen LogP) is 10.4. The van der Waals surface area contributed by atoms with Gasteiger partial charge in [0.25, 0.3) is 11.8 Å². The molecule has 0 aliphatic heterocycles. The molecule has 0 radical (unpaired) electrons. The zero-order chi connectivity index (χ0) is 34.7. The summed E-state index contributed by atoms with van der Waals surface area (Å²) in [6.45, 7) is 7.52. The molecule has 0 saturated heterocycles. The number of hydrogen-bond donors (Lipinski definition) is 2. The van der Waals surface area contributed by atoms with Gasteiger partial charge in [0.15, 0.2) is 0 Å². The van der Waals surface area contributed by atoms with Crippen molar-refractivity contribution in [2.75, 3.05) is 40.5 Å². The van der Waals surface area contributed by atoms with Crippen LogP contribution >= 0.6 is 0 Å². The molecule has 2 aromatic rings. The van der Waals surface area contributed by atoms with Gasteiger partial charge in [0.1, 0.15) is 0 Å². The second kappa shape index (κ2) is 27.2. The van der Waals surface area contributed by atoms with Gasteiger partial charge < -0.3 is 9.80 Å². The molecule has 6 heteroatoms. The average Bonchev–Trinajstić information content (AvgIpc) is 3.11. The second-order valence-corrected chi connectivity index (χ2v) is 13.8. The van der Waals surface area contributed by atoms with Gasteiger partial charge in [-0.3, -0.25) is 20.2 Å². The van der Waals surface area contributed by atoms with Crippen LogP contribution in [0.5, 0.6) is 0 Å². The highest BCUT2D eigenvalue weighted by atomic mass is 16.2. The minimum atomic E-state index is 0.0166.